The summed E-state index contributed by atoms with van der Waals surface area (Å²) in [6.07, 6.45) is 0. The first kappa shape index (κ1) is 13.5. The minimum absolute atomic E-state index is 0.179. The van der Waals surface area contributed by atoms with Gasteiger partial charge in [-0.25, -0.2) is 4.99 Å². The second kappa shape index (κ2) is 4.81. The van der Waals surface area contributed by atoms with Gasteiger partial charge in [0.2, 0.25) is 4.80 Å². The Morgan fingerprint density at radius 3 is 2.84 bits per heavy atom. The van der Waals surface area contributed by atoms with Crippen LogP contribution in [0.2, 0.25) is 10.0 Å². The van der Waals surface area contributed by atoms with Gasteiger partial charge in [0.1, 0.15) is 0 Å². The van der Waals surface area contributed by atoms with Crippen molar-refractivity contribution >= 4 is 52.2 Å². The lowest BCUT2D eigenvalue weighted by Crippen LogP contribution is -2.21. The first-order chi connectivity index (χ1) is 8.94. The first-order valence-electron chi connectivity index (χ1n) is 5.70. The van der Waals surface area contributed by atoms with Gasteiger partial charge < -0.3 is 0 Å². The lowest BCUT2D eigenvalue weighted by molar-refractivity contribution is 0.555. The third-order valence-electron chi connectivity index (χ3n) is 2.70. The summed E-state index contributed by atoms with van der Waals surface area (Å²) in [4.78, 5) is 5.50. The van der Waals surface area contributed by atoms with E-state index in [0.29, 0.717) is 10.0 Å². The molecule has 0 N–H and O–H groups in total. The molecule has 1 aromatic carbocycles. The largest absolute Gasteiger partial charge is 0.293 e. The summed E-state index contributed by atoms with van der Waals surface area (Å²) >= 11 is 15.1. The van der Waals surface area contributed by atoms with Crippen LogP contribution < -0.4 is 4.80 Å². The summed E-state index contributed by atoms with van der Waals surface area (Å²) in [5, 5.41) is 2.09. The van der Waals surface area contributed by atoms with E-state index in [2.05, 4.69) is 27.8 Å². The quantitative estimate of drug-likeness (QED) is 0.776. The normalized spacial score (nSPS) is 17.8. The Balaban J connectivity index is 2.04. The van der Waals surface area contributed by atoms with Crippen LogP contribution in [0.5, 0.6) is 0 Å². The SMILES string of the molecule is CC1(C)Cn2c(nsc2=Nc2ccc(Cl)c(Cl)c2)S1. The lowest BCUT2D eigenvalue weighted by atomic mass is 10.2. The molecular weight excluding hydrogens is 321 g/mol. The van der Waals surface area contributed by atoms with Crippen molar-refractivity contribution in [2.24, 2.45) is 4.99 Å². The van der Waals surface area contributed by atoms with Gasteiger partial charge in [-0.2, -0.15) is 4.37 Å². The molecule has 0 spiro atoms. The number of nitrogens with zero attached hydrogens (tertiary/aromatic N) is 3. The van der Waals surface area contributed by atoms with Gasteiger partial charge >= 0.3 is 0 Å². The number of rotatable bonds is 1. The van der Waals surface area contributed by atoms with Gasteiger partial charge in [-0.15, -0.1) is 0 Å². The molecule has 0 unspecified atom stereocenters. The Morgan fingerprint density at radius 2 is 2.11 bits per heavy atom. The van der Waals surface area contributed by atoms with Gasteiger partial charge in [0, 0.05) is 22.8 Å². The fourth-order valence-corrected chi connectivity index (χ4v) is 4.09. The van der Waals surface area contributed by atoms with E-state index in [1.165, 1.54) is 11.5 Å². The standard InChI is InChI=1S/C12H11Cl2N3S2/c1-12(2)6-17-10(19-16-11(17)18-12)15-7-3-4-8(13)9(14)5-7/h3-5H,6H2,1-2H3. The van der Waals surface area contributed by atoms with E-state index in [4.69, 9.17) is 23.2 Å². The summed E-state index contributed by atoms with van der Waals surface area (Å²) in [6, 6.07) is 5.38. The van der Waals surface area contributed by atoms with Crippen LogP contribution in [-0.2, 0) is 6.54 Å². The first-order valence-corrected chi connectivity index (χ1v) is 8.04. The van der Waals surface area contributed by atoms with E-state index >= 15 is 0 Å². The number of thioether (sulfide) groups is 1. The molecule has 7 heteroatoms. The maximum Gasteiger partial charge on any atom is 0.210 e. The molecule has 100 valence electrons. The van der Waals surface area contributed by atoms with Crippen LogP contribution in [0.3, 0.4) is 0 Å². The minimum atomic E-state index is 0.179. The zero-order valence-corrected chi connectivity index (χ0v) is 13.5. The molecule has 0 atom stereocenters. The Kier molecular flexibility index (Phi) is 3.41. The monoisotopic (exact) mass is 331 g/mol. The maximum absolute atomic E-state index is 6.00. The highest BCUT2D eigenvalue weighted by atomic mass is 35.5. The second-order valence-corrected chi connectivity index (χ2v) is 8.12. The highest BCUT2D eigenvalue weighted by molar-refractivity contribution is 8.00. The summed E-state index contributed by atoms with van der Waals surface area (Å²) in [7, 11) is 0. The predicted molar refractivity (Wildman–Crippen MR) is 81.7 cm³/mol. The topological polar surface area (TPSA) is 30.2 Å². The maximum atomic E-state index is 6.00. The van der Waals surface area contributed by atoms with Crippen molar-refractivity contribution in [2.75, 3.05) is 0 Å². The van der Waals surface area contributed by atoms with Crippen LogP contribution in [-0.4, -0.2) is 13.7 Å². The van der Waals surface area contributed by atoms with Crippen molar-refractivity contribution < 1.29 is 0 Å². The van der Waals surface area contributed by atoms with Crippen LogP contribution >= 0.6 is 46.5 Å². The molecule has 2 aromatic rings. The molecule has 0 fully saturated rings. The predicted octanol–water partition coefficient (Wildman–Crippen LogP) is 4.37. The molecule has 0 bridgehead atoms. The molecule has 19 heavy (non-hydrogen) atoms. The summed E-state index contributed by atoms with van der Waals surface area (Å²) in [6.45, 7) is 5.34. The average molecular weight is 332 g/mol. The highest BCUT2D eigenvalue weighted by Gasteiger charge is 2.31. The number of benzene rings is 1. The van der Waals surface area contributed by atoms with Gasteiger partial charge in [-0.05, 0) is 32.0 Å². The number of aromatic nitrogens is 2. The number of hydrogen-bond acceptors (Lipinski definition) is 4. The van der Waals surface area contributed by atoms with Crippen molar-refractivity contribution in [2.45, 2.75) is 30.3 Å². The highest BCUT2D eigenvalue weighted by Crippen LogP contribution is 2.38. The Labute approximate surface area is 129 Å². The second-order valence-electron chi connectivity index (χ2n) is 4.91. The van der Waals surface area contributed by atoms with Crippen molar-refractivity contribution in [3.63, 3.8) is 0 Å². The summed E-state index contributed by atoms with van der Waals surface area (Å²) < 4.78 is 6.77. The van der Waals surface area contributed by atoms with Crippen molar-refractivity contribution in [1.82, 2.24) is 8.94 Å². The van der Waals surface area contributed by atoms with Gasteiger partial charge in [-0.1, -0.05) is 35.0 Å². The van der Waals surface area contributed by atoms with Crippen LogP contribution in [0.25, 0.3) is 0 Å². The van der Waals surface area contributed by atoms with E-state index in [-0.39, 0.29) is 4.75 Å². The third kappa shape index (κ3) is 2.70. The molecule has 1 aliphatic rings. The minimum Gasteiger partial charge on any atom is -0.293 e. The molecule has 1 aromatic heterocycles. The average Bonchev–Trinajstić information content (AvgIpc) is 2.81. The zero-order valence-electron chi connectivity index (χ0n) is 10.4. The van der Waals surface area contributed by atoms with Crippen LogP contribution in [0.4, 0.5) is 5.69 Å². The molecule has 0 saturated heterocycles. The molecule has 0 aliphatic carbocycles. The number of fused-ring (bicyclic) bond motifs is 1. The van der Waals surface area contributed by atoms with E-state index in [1.807, 2.05) is 6.07 Å². The van der Waals surface area contributed by atoms with Crippen LogP contribution in [0.1, 0.15) is 13.8 Å². The molecule has 0 radical (unpaired) electrons. The van der Waals surface area contributed by atoms with E-state index in [9.17, 15) is 0 Å². The van der Waals surface area contributed by atoms with E-state index in [1.54, 1.807) is 23.9 Å². The van der Waals surface area contributed by atoms with Crippen LogP contribution in [0.15, 0.2) is 28.3 Å². The molecular formula is C12H11Cl2N3S2. The molecule has 1 aliphatic heterocycles. The fourth-order valence-electron chi connectivity index (χ4n) is 1.88. The van der Waals surface area contributed by atoms with Gasteiger partial charge in [0.15, 0.2) is 5.16 Å². The van der Waals surface area contributed by atoms with E-state index in [0.717, 1.165) is 22.2 Å². The number of halogens is 2. The van der Waals surface area contributed by atoms with Gasteiger partial charge in [0.25, 0.3) is 0 Å². The van der Waals surface area contributed by atoms with Gasteiger partial charge in [0.05, 0.1) is 15.7 Å². The molecule has 0 amide bonds. The lowest BCUT2D eigenvalue weighted by Gasteiger charge is -2.12. The molecule has 2 heterocycles. The number of hydrogen-bond donors (Lipinski definition) is 0. The fraction of sp³-hybridized carbons (Fsp3) is 0.333. The Hall–Kier alpha value is -0.490. The van der Waals surface area contributed by atoms with Crippen molar-refractivity contribution in [1.29, 1.82) is 0 Å². The Bertz CT molecular complexity index is 703. The summed E-state index contributed by atoms with van der Waals surface area (Å²) in [5.41, 5.74) is 0.794. The van der Waals surface area contributed by atoms with E-state index < -0.39 is 0 Å². The zero-order chi connectivity index (χ0) is 13.6. The van der Waals surface area contributed by atoms with Gasteiger partial charge in [-0.3, -0.25) is 4.57 Å². The third-order valence-corrected chi connectivity index (χ3v) is 5.47. The molecule has 0 saturated carbocycles. The van der Waals surface area contributed by atoms with Crippen molar-refractivity contribution in [3.05, 3.63) is 33.0 Å². The molecule has 3 nitrogen and oxygen atoms in total. The van der Waals surface area contributed by atoms with Crippen molar-refractivity contribution in [3.8, 4) is 0 Å². The smallest absolute Gasteiger partial charge is 0.210 e. The van der Waals surface area contributed by atoms with Crippen LogP contribution in [0, 0.1) is 0 Å². The Morgan fingerprint density at radius 1 is 1.32 bits per heavy atom. The molecule has 3 rings (SSSR count). The summed E-state index contributed by atoms with van der Waals surface area (Å²) in [5.74, 6) is 0.